The lowest BCUT2D eigenvalue weighted by Gasteiger charge is -2.02. The first kappa shape index (κ1) is 10.5. The Kier molecular flexibility index (Phi) is 2.49. The number of H-pyrrole nitrogens is 1. The minimum absolute atomic E-state index is 0.733. The second kappa shape index (κ2) is 4.01. The highest BCUT2D eigenvalue weighted by Crippen LogP contribution is 2.35. The first-order chi connectivity index (χ1) is 8.22. The summed E-state index contributed by atoms with van der Waals surface area (Å²) in [4.78, 5) is 5.27. The van der Waals surface area contributed by atoms with Gasteiger partial charge < -0.3 is 5.73 Å². The standard InChI is InChI=1S/C10H9N5S2/c1-5-13-10(17-15-5)16-9-3-8-6(2-7(9)11)4-12-14-8/h2-4H,11H2,1H3,(H,12,14). The van der Waals surface area contributed by atoms with Crippen LogP contribution in [0.3, 0.4) is 0 Å². The molecule has 3 N–H and O–H groups in total. The quantitative estimate of drug-likeness (QED) is 0.694. The van der Waals surface area contributed by atoms with Gasteiger partial charge in [0.05, 0.1) is 11.7 Å². The molecule has 0 saturated carbocycles. The van der Waals surface area contributed by atoms with Crippen LogP contribution in [0, 0.1) is 6.92 Å². The Hall–Kier alpha value is -1.60. The van der Waals surface area contributed by atoms with Gasteiger partial charge in [-0.05, 0) is 30.6 Å². The Morgan fingerprint density at radius 1 is 1.41 bits per heavy atom. The number of aromatic amines is 1. The van der Waals surface area contributed by atoms with Crippen LogP contribution < -0.4 is 5.73 Å². The Morgan fingerprint density at radius 3 is 3.06 bits per heavy atom. The molecule has 86 valence electrons. The fourth-order valence-corrected chi connectivity index (χ4v) is 3.16. The second-order valence-corrected chi connectivity index (χ2v) is 5.60. The van der Waals surface area contributed by atoms with Crippen LogP contribution in [0.1, 0.15) is 5.82 Å². The van der Waals surface area contributed by atoms with E-state index in [1.54, 1.807) is 6.20 Å². The van der Waals surface area contributed by atoms with Crippen molar-refractivity contribution in [3.63, 3.8) is 0 Å². The van der Waals surface area contributed by atoms with Gasteiger partial charge in [-0.15, -0.1) is 0 Å². The number of rotatable bonds is 2. The van der Waals surface area contributed by atoms with Gasteiger partial charge >= 0.3 is 0 Å². The van der Waals surface area contributed by atoms with E-state index >= 15 is 0 Å². The molecule has 0 aliphatic carbocycles. The zero-order valence-electron chi connectivity index (χ0n) is 8.97. The highest BCUT2D eigenvalue weighted by molar-refractivity contribution is 8.01. The number of hydrogen-bond donors (Lipinski definition) is 2. The molecule has 0 atom stereocenters. The van der Waals surface area contributed by atoms with Crippen molar-refractivity contribution in [2.24, 2.45) is 0 Å². The molecule has 3 rings (SSSR count). The maximum atomic E-state index is 5.99. The fraction of sp³-hybridized carbons (Fsp3) is 0.100. The molecule has 0 amide bonds. The summed E-state index contributed by atoms with van der Waals surface area (Å²) in [6.45, 7) is 1.88. The van der Waals surface area contributed by atoms with Crippen molar-refractivity contribution in [1.29, 1.82) is 0 Å². The van der Waals surface area contributed by atoms with E-state index in [0.717, 1.165) is 31.6 Å². The van der Waals surface area contributed by atoms with E-state index in [1.807, 2.05) is 19.1 Å². The molecule has 5 nitrogen and oxygen atoms in total. The van der Waals surface area contributed by atoms with Crippen molar-refractivity contribution in [3.8, 4) is 0 Å². The fourth-order valence-electron chi connectivity index (χ4n) is 1.49. The highest BCUT2D eigenvalue weighted by Gasteiger charge is 2.08. The number of fused-ring (bicyclic) bond motifs is 1. The number of hydrogen-bond acceptors (Lipinski definition) is 6. The molecule has 2 aromatic heterocycles. The number of nitrogens with zero attached hydrogens (tertiary/aromatic N) is 3. The van der Waals surface area contributed by atoms with E-state index in [9.17, 15) is 0 Å². The molecule has 0 fully saturated rings. The van der Waals surface area contributed by atoms with E-state index in [2.05, 4.69) is 19.6 Å². The van der Waals surface area contributed by atoms with Crippen LogP contribution in [0.15, 0.2) is 27.6 Å². The summed E-state index contributed by atoms with van der Waals surface area (Å²) in [7, 11) is 0. The van der Waals surface area contributed by atoms with Crippen molar-refractivity contribution in [1.82, 2.24) is 19.6 Å². The average molecular weight is 263 g/mol. The third-order valence-electron chi connectivity index (χ3n) is 2.28. The summed E-state index contributed by atoms with van der Waals surface area (Å²) < 4.78 is 5.04. The summed E-state index contributed by atoms with van der Waals surface area (Å²) >= 11 is 2.91. The van der Waals surface area contributed by atoms with Crippen LogP contribution in [-0.4, -0.2) is 19.6 Å². The molecule has 0 spiro atoms. The predicted molar refractivity (Wildman–Crippen MR) is 69.3 cm³/mol. The van der Waals surface area contributed by atoms with Crippen LogP contribution >= 0.6 is 23.3 Å². The minimum Gasteiger partial charge on any atom is -0.398 e. The van der Waals surface area contributed by atoms with E-state index in [0.29, 0.717) is 0 Å². The predicted octanol–water partition coefficient (Wildman–Crippen LogP) is 2.46. The molecule has 7 heteroatoms. The van der Waals surface area contributed by atoms with Gasteiger partial charge in [-0.3, -0.25) is 5.10 Å². The van der Waals surface area contributed by atoms with E-state index < -0.39 is 0 Å². The van der Waals surface area contributed by atoms with Crippen molar-refractivity contribution in [2.75, 3.05) is 5.73 Å². The molecule has 2 heterocycles. The lowest BCUT2D eigenvalue weighted by Crippen LogP contribution is -1.88. The SMILES string of the molecule is Cc1nsc(Sc2cc3[nH]ncc3cc2N)n1. The Labute approximate surface area is 106 Å². The monoisotopic (exact) mass is 263 g/mol. The van der Waals surface area contributed by atoms with Crippen molar-refractivity contribution in [3.05, 3.63) is 24.2 Å². The van der Waals surface area contributed by atoms with Gasteiger partial charge in [0.2, 0.25) is 0 Å². The van der Waals surface area contributed by atoms with Crippen molar-refractivity contribution < 1.29 is 0 Å². The Bertz CT molecular complexity index is 672. The molecule has 0 aliphatic rings. The molecular weight excluding hydrogens is 254 g/mol. The number of aromatic nitrogens is 4. The zero-order valence-corrected chi connectivity index (χ0v) is 10.6. The number of anilines is 1. The average Bonchev–Trinajstić information content (AvgIpc) is 2.88. The molecule has 0 radical (unpaired) electrons. The van der Waals surface area contributed by atoms with Gasteiger partial charge in [0.25, 0.3) is 0 Å². The lowest BCUT2D eigenvalue weighted by molar-refractivity contribution is 1.10. The topological polar surface area (TPSA) is 80.5 Å². The molecule has 0 aliphatic heterocycles. The molecular formula is C10H9N5S2. The number of nitrogen functional groups attached to an aromatic ring is 1. The van der Waals surface area contributed by atoms with E-state index in [-0.39, 0.29) is 0 Å². The Morgan fingerprint density at radius 2 is 2.29 bits per heavy atom. The Balaban J connectivity index is 2.01. The molecule has 1 aromatic carbocycles. The summed E-state index contributed by atoms with van der Waals surface area (Å²) in [5.74, 6) is 0.790. The minimum atomic E-state index is 0.733. The van der Waals surface area contributed by atoms with Gasteiger partial charge in [0, 0.05) is 16.0 Å². The molecule has 0 unspecified atom stereocenters. The smallest absolute Gasteiger partial charge is 0.174 e. The van der Waals surface area contributed by atoms with Gasteiger partial charge in [0.1, 0.15) is 5.82 Å². The summed E-state index contributed by atoms with van der Waals surface area (Å²) in [5.41, 5.74) is 7.70. The maximum Gasteiger partial charge on any atom is 0.174 e. The summed E-state index contributed by atoms with van der Waals surface area (Å²) in [5, 5.41) is 7.92. The number of nitrogens with two attached hydrogens (primary N) is 1. The first-order valence-corrected chi connectivity index (χ1v) is 6.52. The van der Waals surface area contributed by atoms with Crippen LogP contribution in [0.4, 0.5) is 5.69 Å². The maximum absolute atomic E-state index is 5.99. The number of nitrogens with one attached hydrogen (secondary N) is 1. The third kappa shape index (κ3) is 1.98. The van der Waals surface area contributed by atoms with Crippen LogP contribution in [0.2, 0.25) is 0 Å². The van der Waals surface area contributed by atoms with Crippen molar-refractivity contribution >= 4 is 39.9 Å². The van der Waals surface area contributed by atoms with Gasteiger partial charge in [-0.1, -0.05) is 11.8 Å². The van der Waals surface area contributed by atoms with E-state index in [4.69, 9.17) is 5.73 Å². The van der Waals surface area contributed by atoms with Gasteiger partial charge in [-0.25, -0.2) is 4.98 Å². The van der Waals surface area contributed by atoms with Crippen molar-refractivity contribution in [2.45, 2.75) is 16.2 Å². The highest BCUT2D eigenvalue weighted by atomic mass is 32.2. The second-order valence-electron chi connectivity index (χ2n) is 3.56. The number of aryl methyl sites for hydroxylation is 1. The third-order valence-corrected chi connectivity index (χ3v) is 4.19. The molecule has 0 bridgehead atoms. The first-order valence-electron chi connectivity index (χ1n) is 4.93. The van der Waals surface area contributed by atoms with Crippen LogP contribution in [0.25, 0.3) is 10.9 Å². The van der Waals surface area contributed by atoms with Gasteiger partial charge in [-0.2, -0.15) is 9.47 Å². The number of benzene rings is 1. The largest absolute Gasteiger partial charge is 0.398 e. The van der Waals surface area contributed by atoms with Gasteiger partial charge in [0.15, 0.2) is 4.34 Å². The lowest BCUT2D eigenvalue weighted by atomic mass is 10.2. The molecule has 17 heavy (non-hydrogen) atoms. The zero-order chi connectivity index (χ0) is 11.8. The molecule has 0 saturated heterocycles. The summed E-state index contributed by atoms with van der Waals surface area (Å²) in [6.07, 6.45) is 1.76. The molecule has 3 aromatic rings. The normalized spacial score (nSPS) is 11.1. The van der Waals surface area contributed by atoms with E-state index in [1.165, 1.54) is 23.3 Å². The van der Waals surface area contributed by atoms with Crippen LogP contribution in [-0.2, 0) is 0 Å². The van der Waals surface area contributed by atoms with Crippen LogP contribution in [0.5, 0.6) is 0 Å². The summed E-state index contributed by atoms with van der Waals surface area (Å²) in [6, 6.07) is 3.90.